The first-order chi connectivity index (χ1) is 13.7. The van der Waals surface area contributed by atoms with Crippen molar-refractivity contribution in [3.05, 3.63) is 60.4 Å². The molecule has 4 rings (SSSR count). The highest BCUT2D eigenvalue weighted by atomic mass is 16.5. The van der Waals surface area contributed by atoms with Gasteiger partial charge in [0.1, 0.15) is 11.5 Å². The number of ether oxygens (including phenoxy) is 2. The van der Waals surface area contributed by atoms with Gasteiger partial charge in [-0.05, 0) is 30.2 Å². The fraction of sp³-hybridized carbons (Fsp3) is 0.190. The number of benzene rings is 2. The average Bonchev–Trinajstić information content (AvgIpc) is 3.20. The van der Waals surface area contributed by atoms with Gasteiger partial charge in [-0.2, -0.15) is 0 Å². The molecule has 0 atom stereocenters. The molecule has 2 aliphatic rings. The van der Waals surface area contributed by atoms with E-state index in [1.165, 1.54) is 5.56 Å². The van der Waals surface area contributed by atoms with Crippen LogP contribution in [0.15, 0.2) is 54.9 Å². The summed E-state index contributed by atoms with van der Waals surface area (Å²) in [4.78, 5) is 13.6. The van der Waals surface area contributed by atoms with Gasteiger partial charge in [-0.1, -0.05) is 30.3 Å². The van der Waals surface area contributed by atoms with E-state index in [0.717, 1.165) is 18.5 Å². The number of nitrogen functional groups attached to an aromatic ring is 1. The second kappa shape index (κ2) is 7.56. The Hall–Kier alpha value is -3.61. The molecule has 2 aromatic rings. The molecule has 0 unspecified atom stereocenters. The minimum Gasteiger partial charge on any atom is -0.497 e. The molecule has 142 valence electrons. The molecule has 0 fully saturated rings. The summed E-state index contributed by atoms with van der Waals surface area (Å²) >= 11 is 0. The summed E-state index contributed by atoms with van der Waals surface area (Å²) < 4.78 is 12.8. The van der Waals surface area contributed by atoms with Crippen molar-refractivity contribution >= 4 is 5.82 Å². The van der Waals surface area contributed by atoms with E-state index in [0.29, 0.717) is 34.7 Å². The number of anilines is 1. The maximum absolute atomic E-state index is 6.07. The minimum absolute atomic E-state index is 0.353. The summed E-state index contributed by atoms with van der Waals surface area (Å²) in [6, 6.07) is 15.8. The van der Waals surface area contributed by atoms with Gasteiger partial charge in [0.25, 0.3) is 0 Å². The molecule has 7 heteroatoms. The summed E-state index contributed by atoms with van der Waals surface area (Å²) in [5.41, 5.74) is 8.63. The highest BCUT2D eigenvalue weighted by molar-refractivity contribution is 5.74. The number of imidazole rings is 1. The van der Waals surface area contributed by atoms with Gasteiger partial charge in [0.2, 0.25) is 0 Å². The number of methoxy groups -OCH3 is 2. The van der Waals surface area contributed by atoms with Gasteiger partial charge in [0.15, 0.2) is 23.2 Å². The Morgan fingerprint density at radius 2 is 1.82 bits per heavy atom. The van der Waals surface area contributed by atoms with Crippen LogP contribution in [0.3, 0.4) is 0 Å². The normalized spacial score (nSPS) is 10.9. The first kappa shape index (κ1) is 17.8. The molecule has 0 saturated carbocycles. The monoisotopic (exact) mass is 375 g/mol. The maximum atomic E-state index is 6.07. The van der Waals surface area contributed by atoms with Crippen LogP contribution in [0.4, 0.5) is 5.82 Å². The van der Waals surface area contributed by atoms with E-state index in [1.54, 1.807) is 20.5 Å². The average molecular weight is 375 g/mol. The molecular formula is C21H21N5O2. The summed E-state index contributed by atoms with van der Waals surface area (Å²) in [5.74, 6) is 2.94. The molecule has 0 spiro atoms. The van der Waals surface area contributed by atoms with Crippen LogP contribution in [0.2, 0.25) is 0 Å². The lowest BCUT2D eigenvalue weighted by Gasteiger charge is -2.11. The SMILES string of the molecule is COc1ccc(OC)c(-c2nc3c(N)ncn(CCc4ccccc4)c-3n2)c1. The van der Waals surface area contributed by atoms with Gasteiger partial charge in [-0.3, -0.25) is 0 Å². The Morgan fingerprint density at radius 1 is 1.00 bits per heavy atom. The zero-order valence-electron chi connectivity index (χ0n) is 15.8. The van der Waals surface area contributed by atoms with Crippen molar-refractivity contribution in [2.75, 3.05) is 20.0 Å². The van der Waals surface area contributed by atoms with E-state index >= 15 is 0 Å². The fourth-order valence-electron chi connectivity index (χ4n) is 3.12. The number of hydrogen-bond acceptors (Lipinski definition) is 6. The predicted molar refractivity (Wildman–Crippen MR) is 108 cm³/mol. The number of aromatic nitrogens is 4. The van der Waals surface area contributed by atoms with Gasteiger partial charge in [0, 0.05) is 6.54 Å². The van der Waals surface area contributed by atoms with Gasteiger partial charge >= 0.3 is 0 Å². The molecule has 2 aromatic carbocycles. The molecule has 28 heavy (non-hydrogen) atoms. The molecule has 0 aliphatic carbocycles. The van der Waals surface area contributed by atoms with Gasteiger partial charge < -0.3 is 19.8 Å². The fourth-order valence-corrected chi connectivity index (χ4v) is 3.12. The number of rotatable bonds is 6. The maximum Gasteiger partial charge on any atom is 0.166 e. The van der Waals surface area contributed by atoms with Crippen molar-refractivity contribution in [3.63, 3.8) is 0 Å². The van der Waals surface area contributed by atoms with Crippen molar-refractivity contribution in [1.29, 1.82) is 0 Å². The number of hydrogen-bond donors (Lipinski definition) is 1. The first-order valence-electron chi connectivity index (χ1n) is 8.94. The lowest BCUT2D eigenvalue weighted by atomic mass is 10.1. The molecule has 2 heterocycles. The third-order valence-electron chi connectivity index (χ3n) is 4.62. The van der Waals surface area contributed by atoms with E-state index in [9.17, 15) is 0 Å². The van der Waals surface area contributed by atoms with Crippen LogP contribution in [0.25, 0.3) is 22.9 Å². The Kier molecular flexibility index (Phi) is 4.80. The van der Waals surface area contributed by atoms with E-state index in [-0.39, 0.29) is 0 Å². The molecular weight excluding hydrogens is 354 g/mol. The topological polar surface area (TPSA) is 88.1 Å². The van der Waals surface area contributed by atoms with Crippen molar-refractivity contribution in [3.8, 4) is 34.4 Å². The predicted octanol–water partition coefficient (Wildman–Crippen LogP) is 3.29. The second-order valence-electron chi connectivity index (χ2n) is 6.34. The molecule has 2 aliphatic heterocycles. The highest BCUT2D eigenvalue weighted by Crippen LogP contribution is 2.35. The molecule has 0 aromatic heterocycles. The molecule has 0 radical (unpaired) electrons. The standard InChI is InChI=1S/C21H21N5O2/c1-27-15-8-9-17(28-2)16(12-15)20-24-18-19(22)23-13-26(21(18)25-20)11-10-14-6-4-3-5-7-14/h3-9,12-13H,10-11,22H2,1-2H3. The Balaban J connectivity index is 1.74. The third kappa shape index (κ3) is 3.34. The van der Waals surface area contributed by atoms with Crippen LogP contribution in [0.1, 0.15) is 5.56 Å². The van der Waals surface area contributed by atoms with E-state index in [2.05, 4.69) is 22.1 Å². The van der Waals surface area contributed by atoms with Crippen LogP contribution in [-0.4, -0.2) is 33.7 Å². The minimum atomic E-state index is 0.353. The highest BCUT2D eigenvalue weighted by Gasteiger charge is 2.21. The summed E-state index contributed by atoms with van der Waals surface area (Å²) in [6.07, 6.45) is 2.57. The van der Waals surface area contributed by atoms with Gasteiger partial charge in [-0.15, -0.1) is 0 Å². The van der Waals surface area contributed by atoms with Crippen LogP contribution in [-0.2, 0) is 13.0 Å². The van der Waals surface area contributed by atoms with Crippen molar-refractivity contribution in [2.45, 2.75) is 13.0 Å². The zero-order valence-corrected chi connectivity index (χ0v) is 15.8. The van der Waals surface area contributed by atoms with E-state index in [4.69, 9.17) is 20.2 Å². The molecule has 7 nitrogen and oxygen atoms in total. The van der Waals surface area contributed by atoms with Crippen LogP contribution in [0.5, 0.6) is 11.5 Å². The molecule has 0 bridgehead atoms. The van der Waals surface area contributed by atoms with Crippen LogP contribution in [0, 0.1) is 0 Å². The van der Waals surface area contributed by atoms with Crippen molar-refractivity contribution in [2.24, 2.45) is 0 Å². The van der Waals surface area contributed by atoms with Gasteiger partial charge in [-0.25, -0.2) is 15.0 Å². The number of fused-ring (bicyclic) bond motifs is 1. The quantitative estimate of drug-likeness (QED) is 0.556. The number of nitrogens with zero attached hydrogens (tertiary/aromatic N) is 4. The number of aryl methyl sites for hydroxylation is 2. The summed E-state index contributed by atoms with van der Waals surface area (Å²) in [5, 5.41) is 0. The van der Waals surface area contributed by atoms with Crippen LogP contribution < -0.4 is 15.2 Å². The summed E-state index contributed by atoms with van der Waals surface area (Å²) in [7, 11) is 3.23. The second-order valence-corrected chi connectivity index (χ2v) is 6.34. The third-order valence-corrected chi connectivity index (χ3v) is 4.62. The van der Waals surface area contributed by atoms with Crippen molar-refractivity contribution in [1.82, 2.24) is 19.5 Å². The largest absolute Gasteiger partial charge is 0.497 e. The molecule has 0 amide bonds. The number of nitrogens with two attached hydrogens (primary N) is 1. The van der Waals surface area contributed by atoms with Crippen molar-refractivity contribution < 1.29 is 9.47 Å². The Labute approximate surface area is 163 Å². The van der Waals surface area contributed by atoms with Gasteiger partial charge in [0.05, 0.1) is 26.1 Å². The smallest absolute Gasteiger partial charge is 0.166 e. The lowest BCUT2D eigenvalue weighted by Crippen LogP contribution is -2.09. The Morgan fingerprint density at radius 3 is 2.57 bits per heavy atom. The Bertz CT molecular complexity index is 1060. The van der Waals surface area contributed by atoms with Crippen LogP contribution >= 0.6 is 0 Å². The lowest BCUT2D eigenvalue weighted by molar-refractivity contribution is 0.404. The summed E-state index contributed by atoms with van der Waals surface area (Å²) in [6.45, 7) is 0.723. The molecule has 2 N–H and O–H groups in total. The first-order valence-corrected chi connectivity index (χ1v) is 8.94. The van der Waals surface area contributed by atoms with E-state index < -0.39 is 0 Å². The molecule has 0 saturated heterocycles. The van der Waals surface area contributed by atoms with E-state index in [1.807, 2.05) is 41.0 Å². The zero-order chi connectivity index (χ0) is 19.5.